The number of aromatic hydroxyl groups is 1. The van der Waals surface area contributed by atoms with Gasteiger partial charge in [-0.3, -0.25) is 14.4 Å². The Bertz CT molecular complexity index is 2730. The zero-order valence-corrected chi connectivity index (χ0v) is 37.9. The molecule has 7 atom stereocenters. The molecule has 14 nitrogen and oxygen atoms in total. The number of aromatic nitrogens is 4. The van der Waals surface area contributed by atoms with Crippen molar-refractivity contribution in [1.82, 2.24) is 35.5 Å². The van der Waals surface area contributed by atoms with Gasteiger partial charge in [0.05, 0.1) is 46.0 Å². The number of hydrogen-bond acceptors (Lipinski definition) is 13. The van der Waals surface area contributed by atoms with E-state index < -0.39 is 18.1 Å². The minimum Gasteiger partial charge on any atom is -0.507 e. The topological polar surface area (TPSA) is 178 Å². The number of hydrogen-bond donors (Lipinski definition) is 3. The van der Waals surface area contributed by atoms with E-state index in [4.69, 9.17) is 4.52 Å². The molecule has 6 aromatic rings. The Morgan fingerprint density at radius 3 is 2.52 bits per heavy atom. The number of piperazine rings is 1. The molecule has 10 rings (SSSR count). The summed E-state index contributed by atoms with van der Waals surface area (Å²) in [4.78, 5) is 55.7. The molecule has 332 valence electrons. The second-order valence-electron chi connectivity index (χ2n) is 18.3. The van der Waals surface area contributed by atoms with E-state index in [0.29, 0.717) is 48.8 Å². The smallest absolute Gasteiger partial charge is 0.243 e. The minimum absolute atomic E-state index is 0.0698. The number of thiazole rings is 1. The Morgan fingerprint density at radius 2 is 1.78 bits per heavy atom. The molecule has 0 unspecified atom stereocenters. The highest BCUT2D eigenvalue weighted by molar-refractivity contribution is 7.18. The molecular formula is C48H52N8O6S2. The van der Waals surface area contributed by atoms with Gasteiger partial charge in [0.25, 0.3) is 0 Å². The lowest BCUT2D eigenvalue weighted by molar-refractivity contribution is -0.143. The van der Waals surface area contributed by atoms with Gasteiger partial charge in [-0.2, -0.15) is 0 Å². The molecular weight excluding hydrogens is 849 g/mol. The zero-order chi connectivity index (χ0) is 44.4. The number of likely N-dealkylation sites (tertiary alicyclic amines) is 2. The Labute approximate surface area is 379 Å². The lowest BCUT2D eigenvalue weighted by Gasteiger charge is -2.36. The molecule has 3 amide bonds. The van der Waals surface area contributed by atoms with Crippen LogP contribution in [0.3, 0.4) is 0 Å². The Morgan fingerprint density at radius 1 is 0.969 bits per heavy atom. The molecule has 7 heterocycles. The maximum atomic E-state index is 14.3. The van der Waals surface area contributed by atoms with Gasteiger partial charge >= 0.3 is 0 Å². The maximum absolute atomic E-state index is 14.3. The molecule has 4 aliphatic rings. The van der Waals surface area contributed by atoms with Gasteiger partial charge in [-0.15, -0.1) is 32.9 Å². The molecule has 16 heteroatoms. The van der Waals surface area contributed by atoms with Crippen LogP contribution in [0, 0.1) is 24.7 Å². The van der Waals surface area contributed by atoms with Crippen LogP contribution in [0.5, 0.6) is 5.75 Å². The van der Waals surface area contributed by atoms with E-state index in [1.54, 1.807) is 39.7 Å². The van der Waals surface area contributed by atoms with E-state index in [9.17, 15) is 24.6 Å². The monoisotopic (exact) mass is 900 g/mol. The van der Waals surface area contributed by atoms with Crippen LogP contribution in [-0.2, 0) is 33.6 Å². The second-order valence-corrected chi connectivity index (χ2v) is 20.3. The highest BCUT2D eigenvalue weighted by Gasteiger charge is 2.48. The molecule has 0 radical (unpaired) electrons. The summed E-state index contributed by atoms with van der Waals surface area (Å²) >= 11 is 3.24. The van der Waals surface area contributed by atoms with Crippen LogP contribution in [0.15, 0.2) is 70.7 Å². The quantitative estimate of drug-likeness (QED) is 0.126. The number of benzene rings is 2. The number of carbonyl (C=O) groups is 3. The van der Waals surface area contributed by atoms with Crippen molar-refractivity contribution in [2.75, 3.05) is 24.5 Å². The summed E-state index contributed by atoms with van der Waals surface area (Å²) in [6, 6.07) is 18.2. The van der Waals surface area contributed by atoms with Crippen molar-refractivity contribution in [2.45, 2.75) is 96.5 Å². The van der Waals surface area contributed by atoms with Crippen LogP contribution in [0.4, 0.5) is 5.82 Å². The van der Waals surface area contributed by atoms with E-state index in [0.717, 1.165) is 51.2 Å². The number of aliphatic hydroxyl groups excluding tert-OH is 1. The van der Waals surface area contributed by atoms with Crippen LogP contribution in [0.1, 0.15) is 73.5 Å². The van der Waals surface area contributed by atoms with Crippen LogP contribution in [0.25, 0.3) is 31.9 Å². The first-order valence-electron chi connectivity index (χ1n) is 22.3. The van der Waals surface area contributed by atoms with Crippen LogP contribution in [-0.4, -0.2) is 102 Å². The normalized spacial score (nSPS) is 22.7. The highest BCUT2D eigenvalue weighted by Crippen LogP contribution is 2.42. The number of anilines is 1. The first-order chi connectivity index (χ1) is 30.9. The molecule has 64 heavy (non-hydrogen) atoms. The number of β-amino-alcohol motifs (C(OH)–C–C–N with tert-alkyl or cyclic N) is 1. The number of para-hydroxylation sites is 1. The van der Waals surface area contributed by atoms with Crippen LogP contribution < -0.4 is 10.2 Å². The molecule has 0 saturated carbocycles. The van der Waals surface area contributed by atoms with E-state index in [1.165, 1.54) is 10.4 Å². The van der Waals surface area contributed by atoms with E-state index in [2.05, 4.69) is 35.5 Å². The third kappa shape index (κ3) is 7.83. The van der Waals surface area contributed by atoms with Gasteiger partial charge in [0, 0.05) is 66.2 Å². The number of fused-ring (bicyclic) bond motifs is 5. The van der Waals surface area contributed by atoms with Gasteiger partial charge in [-0.25, -0.2) is 4.98 Å². The van der Waals surface area contributed by atoms with Crippen molar-refractivity contribution < 1.29 is 29.1 Å². The van der Waals surface area contributed by atoms with Gasteiger partial charge in [0.15, 0.2) is 5.82 Å². The Kier molecular flexibility index (Phi) is 11.2. The highest BCUT2D eigenvalue weighted by atomic mass is 32.1. The first-order valence-corrected chi connectivity index (χ1v) is 24.0. The van der Waals surface area contributed by atoms with Crippen molar-refractivity contribution in [1.29, 1.82) is 0 Å². The van der Waals surface area contributed by atoms with Crippen LogP contribution in [0.2, 0.25) is 0 Å². The van der Waals surface area contributed by atoms with Crippen molar-refractivity contribution >= 4 is 56.4 Å². The number of carbonyl (C=O) groups excluding carboxylic acids is 3. The molecule has 3 aliphatic heterocycles. The fourth-order valence-electron chi connectivity index (χ4n) is 10.3. The number of rotatable bonds is 11. The summed E-state index contributed by atoms with van der Waals surface area (Å²) in [5.74, 6) is 0.482. The Hall–Kier alpha value is -5.71. The average molecular weight is 901 g/mol. The van der Waals surface area contributed by atoms with Gasteiger partial charge in [-0.05, 0) is 80.3 Å². The van der Waals surface area contributed by atoms with E-state index in [-0.39, 0.29) is 66.4 Å². The van der Waals surface area contributed by atoms with Crippen LogP contribution >= 0.6 is 22.7 Å². The number of nitrogens with one attached hydrogen (secondary N) is 1. The molecule has 3 saturated heterocycles. The number of phenols is 1. The Balaban J connectivity index is 0.762. The standard InChI is InChI=1S/C48H52N8O6S2/c1-25(2)36(48(61)56-23-33(57)17-40(56)45(59)50-26(3)28-9-11-29(12-10-28)44-27(4)49-24-63-44)18-34-19-43(53-62-34)54-21-32-16-31(54)22-55(32)47(60)30-13-14-42-37(15-30)38-20-39(51-52-46(38)64-42)35-7-5-6-8-41(35)58/h5-12,19-20,24-26,30-33,36,40,57-58H,13-18,21-23H2,1-4H3,(H,50,59)/t26-,30+,31-,32-,33+,36-,40-/m0/s1. The van der Waals surface area contributed by atoms with Gasteiger partial charge in [0.2, 0.25) is 17.7 Å². The fourth-order valence-corrected chi connectivity index (χ4v) is 12.3. The predicted molar refractivity (Wildman–Crippen MR) is 245 cm³/mol. The summed E-state index contributed by atoms with van der Waals surface area (Å²) in [5, 5.41) is 38.7. The number of nitrogens with zero attached hydrogens (tertiary/aromatic N) is 7. The average Bonchev–Trinajstić information content (AvgIpc) is 4.17. The van der Waals surface area contributed by atoms with Crippen molar-refractivity contribution in [3.63, 3.8) is 0 Å². The van der Waals surface area contributed by atoms with E-state index in [1.807, 2.05) is 81.7 Å². The lowest BCUT2D eigenvalue weighted by Crippen LogP contribution is -2.51. The molecule has 1 aliphatic carbocycles. The summed E-state index contributed by atoms with van der Waals surface area (Å²) in [6.07, 6.45) is 2.81. The number of aryl methyl sites for hydroxylation is 2. The molecule has 4 aromatic heterocycles. The summed E-state index contributed by atoms with van der Waals surface area (Å²) in [5.41, 5.74) is 7.25. The molecule has 2 aromatic carbocycles. The summed E-state index contributed by atoms with van der Waals surface area (Å²) < 4.78 is 5.89. The molecule has 2 bridgehead atoms. The van der Waals surface area contributed by atoms with Gasteiger partial charge in [-0.1, -0.05) is 55.4 Å². The predicted octanol–water partition coefficient (Wildman–Crippen LogP) is 6.73. The minimum atomic E-state index is -0.802. The fraction of sp³-hybridized carbons (Fsp3) is 0.438. The lowest BCUT2D eigenvalue weighted by atomic mass is 9.86. The first kappa shape index (κ1) is 42.3. The third-order valence-electron chi connectivity index (χ3n) is 13.9. The SMILES string of the molecule is Cc1ncsc1-c1ccc([C@H](C)NC(=O)[C@@H]2C[C@@H](O)CN2C(=O)[C@@H](Cc2cc(N3C[C@@H]4C[C@H]3CN4C(=O)[C@@H]3CCc4sc5nnc(-c6ccccc6O)cc5c4C3)no2)C(C)C)cc1. The van der Waals surface area contributed by atoms with Crippen molar-refractivity contribution in [3.8, 4) is 27.4 Å². The number of thiophene rings is 1. The number of phenolic OH excluding ortho intramolecular Hbond substituents is 1. The molecule has 0 spiro atoms. The number of amides is 3. The van der Waals surface area contributed by atoms with Gasteiger partial charge < -0.3 is 34.8 Å². The van der Waals surface area contributed by atoms with Gasteiger partial charge in [0.1, 0.15) is 22.4 Å². The largest absolute Gasteiger partial charge is 0.507 e. The van der Waals surface area contributed by atoms with Crippen molar-refractivity contribution in [2.24, 2.45) is 17.8 Å². The summed E-state index contributed by atoms with van der Waals surface area (Å²) in [6.45, 7) is 9.25. The molecule has 3 N–H and O–H groups in total. The molecule has 3 fully saturated rings. The number of aliphatic hydroxyl groups is 1. The third-order valence-corrected chi connectivity index (χ3v) is 16.1. The summed E-state index contributed by atoms with van der Waals surface area (Å²) in [7, 11) is 0. The maximum Gasteiger partial charge on any atom is 0.243 e. The van der Waals surface area contributed by atoms with Crippen molar-refractivity contribution in [3.05, 3.63) is 93.6 Å². The van der Waals surface area contributed by atoms with E-state index >= 15 is 0 Å². The zero-order valence-electron chi connectivity index (χ0n) is 36.3. The second kappa shape index (κ2) is 17.0.